The molecular formula is C17H22ClN3. The third-order valence-corrected chi connectivity index (χ3v) is 5.11. The number of aromatic nitrogens is 2. The fraction of sp³-hybridized carbons (Fsp3) is 0.471. The zero-order chi connectivity index (χ0) is 14.9. The number of piperidine rings is 1. The fourth-order valence-corrected chi connectivity index (χ4v) is 3.57. The smallest absolute Gasteiger partial charge is 0.0954 e. The van der Waals surface area contributed by atoms with Gasteiger partial charge in [-0.15, -0.1) is 0 Å². The number of imidazole rings is 1. The summed E-state index contributed by atoms with van der Waals surface area (Å²) in [4.78, 5) is 4.42. The van der Waals surface area contributed by atoms with Crippen molar-refractivity contribution in [3.05, 3.63) is 53.1 Å². The van der Waals surface area contributed by atoms with Gasteiger partial charge in [-0.05, 0) is 44.5 Å². The number of hydrogen-bond donors (Lipinski definition) is 1. The largest absolute Gasteiger partial charge is 0.327 e. The molecule has 0 aliphatic carbocycles. The highest BCUT2D eigenvalue weighted by Crippen LogP contribution is 2.36. The first-order chi connectivity index (χ1) is 10.1. The standard InChI is InChI=1S/C17H22ClN3/c1-13(14-5-3-4-6-15(14)18)21-12-20-11-16(21)17(2)7-9-19-10-8-17/h3-6,11-13,19H,7-10H2,1-2H3. The summed E-state index contributed by atoms with van der Waals surface area (Å²) < 4.78 is 2.28. The van der Waals surface area contributed by atoms with E-state index in [1.807, 2.05) is 30.7 Å². The molecule has 1 saturated heterocycles. The number of hydrogen-bond acceptors (Lipinski definition) is 2. The van der Waals surface area contributed by atoms with Crippen LogP contribution in [0.4, 0.5) is 0 Å². The third-order valence-electron chi connectivity index (χ3n) is 4.76. The molecule has 0 radical (unpaired) electrons. The zero-order valence-corrected chi connectivity index (χ0v) is 13.4. The van der Waals surface area contributed by atoms with Crippen LogP contribution in [0.15, 0.2) is 36.8 Å². The minimum atomic E-state index is 0.192. The second-order valence-corrected chi connectivity index (χ2v) is 6.60. The van der Waals surface area contributed by atoms with Crippen molar-refractivity contribution >= 4 is 11.6 Å². The molecule has 1 aromatic heterocycles. The van der Waals surface area contributed by atoms with Crippen LogP contribution in [0.2, 0.25) is 5.02 Å². The summed E-state index contributed by atoms with van der Waals surface area (Å²) in [6.45, 7) is 6.68. The van der Waals surface area contributed by atoms with Crippen LogP contribution in [0.5, 0.6) is 0 Å². The van der Waals surface area contributed by atoms with Crippen molar-refractivity contribution in [1.29, 1.82) is 0 Å². The van der Waals surface area contributed by atoms with Crippen molar-refractivity contribution in [2.24, 2.45) is 0 Å². The predicted octanol–water partition coefficient (Wildman–Crippen LogP) is 3.79. The molecule has 1 aliphatic rings. The Morgan fingerprint density at radius 2 is 2.00 bits per heavy atom. The highest BCUT2D eigenvalue weighted by Gasteiger charge is 2.32. The fourth-order valence-electron chi connectivity index (χ4n) is 3.28. The normalized spacial score (nSPS) is 19.4. The quantitative estimate of drug-likeness (QED) is 0.935. The van der Waals surface area contributed by atoms with Gasteiger partial charge in [0.15, 0.2) is 0 Å². The summed E-state index contributed by atoms with van der Waals surface area (Å²) in [6.07, 6.45) is 6.26. The first-order valence-corrected chi connectivity index (χ1v) is 7.97. The van der Waals surface area contributed by atoms with E-state index >= 15 is 0 Å². The maximum Gasteiger partial charge on any atom is 0.0954 e. The van der Waals surface area contributed by atoms with Gasteiger partial charge in [-0.1, -0.05) is 36.7 Å². The van der Waals surface area contributed by atoms with E-state index in [4.69, 9.17) is 11.6 Å². The first-order valence-electron chi connectivity index (χ1n) is 7.59. The van der Waals surface area contributed by atoms with Crippen molar-refractivity contribution in [1.82, 2.24) is 14.9 Å². The van der Waals surface area contributed by atoms with Gasteiger partial charge in [0.2, 0.25) is 0 Å². The van der Waals surface area contributed by atoms with Gasteiger partial charge in [0.05, 0.1) is 12.4 Å². The molecule has 3 nitrogen and oxygen atoms in total. The Morgan fingerprint density at radius 1 is 1.29 bits per heavy atom. The Hall–Kier alpha value is -1.32. The summed E-state index contributed by atoms with van der Waals surface area (Å²) in [6, 6.07) is 8.27. The molecule has 0 amide bonds. The lowest BCUT2D eigenvalue weighted by molar-refractivity contribution is 0.314. The van der Waals surface area contributed by atoms with Gasteiger partial charge >= 0.3 is 0 Å². The van der Waals surface area contributed by atoms with E-state index in [1.165, 1.54) is 5.69 Å². The monoisotopic (exact) mass is 303 g/mol. The SMILES string of the molecule is CC(c1ccccc1Cl)n1cncc1C1(C)CCNCC1. The Balaban J connectivity index is 1.97. The molecule has 21 heavy (non-hydrogen) atoms. The minimum absolute atomic E-state index is 0.192. The molecule has 112 valence electrons. The van der Waals surface area contributed by atoms with Gasteiger partial charge in [0.1, 0.15) is 0 Å². The van der Waals surface area contributed by atoms with Crippen LogP contribution in [-0.4, -0.2) is 22.6 Å². The molecule has 2 heterocycles. The van der Waals surface area contributed by atoms with Crippen LogP contribution in [0.25, 0.3) is 0 Å². The molecule has 2 aromatic rings. The van der Waals surface area contributed by atoms with Crippen molar-refractivity contribution < 1.29 is 0 Å². The average Bonchev–Trinajstić information content (AvgIpc) is 2.98. The van der Waals surface area contributed by atoms with E-state index in [9.17, 15) is 0 Å². The molecule has 1 fully saturated rings. The lowest BCUT2D eigenvalue weighted by Crippen LogP contribution is -2.39. The lowest BCUT2D eigenvalue weighted by atomic mass is 9.78. The lowest BCUT2D eigenvalue weighted by Gasteiger charge is -2.36. The molecule has 0 saturated carbocycles. The summed E-state index contributed by atoms with van der Waals surface area (Å²) >= 11 is 6.37. The van der Waals surface area contributed by atoms with E-state index in [-0.39, 0.29) is 11.5 Å². The van der Waals surface area contributed by atoms with E-state index < -0.39 is 0 Å². The molecule has 0 bridgehead atoms. The Kier molecular flexibility index (Phi) is 4.05. The van der Waals surface area contributed by atoms with Gasteiger partial charge in [-0.25, -0.2) is 4.98 Å². The second-order valence-electron chi connectivity index (χ2n) is 6.19. The summed E-state index contributed by atoms with van der Waals surface area (Å²) in [5, 5.41) is 4.26. The first kappa shape index (κ1) is 14.6. The van der Waals surface area contributed by atoms with Gasteiger partial charge in [-0.2, -0.15) is 0 Å². The van der Waals surface area contributed by atoms with Crippen LogP contribution in [0.1, 0.15) is 44.0 Å². The minimum Gasteiger partial charge on any atom is -0.327 e. The van der Waals surface area contributed by atoms with Gasteiger partial charge < -0.3 is 9.88 Å². The third kappa shape index (κ3) is 2.72. The van der Waals surface area contributed by atoms with Crippen molar-refractivity contribution in [2.75, 3.05) is 13.1 Å². The number of nitrogens with one attached hydrogen (secondary N) is 1. The molecule has 1 aliphatic heterocycles. The maximum absolute atomic E-state index is 6.37. The van der Waals surface area contributed by atoms with Crippen molar-refractivity contribution in [3.63, 3.8) is 0 Å². The Bertz CT molecular complexity index is 614. The molecule has 0 spiro atoms. The number of rotatable bonds is 3. The topological polar surface area (TPSA) is 29.9 Å². The highest BCUT2D eigenvalue weighted by molar-refractivity contribution is 6.31. The molecule has 1 aromatic carbocycles. The predicted molar refractivity (Wildman–Crippen MR) is 86.9 cm³/mol. The Labute approximate surface area is 131 Å². The van der Waals surface area contributed by atoms with E-state index in [2.05, 4.69) is 34.8 Å². The van der Waals surface area contributed by atoms with Crippen molar-refractivity contribution in [3.8, 4) is 0 Å². The molecular weight excluding hydrogens is 282 g/mol. The van der Waals surface area contributed by atoms with Crippen LogP contribution in [0, 0.1) is 0 Å². The number of nitrogens with zero attached hydrogens (tertiary/aromatic N) is 2. The van der Waals surface area contributed by atoms with Gasteiger partial charge in [0, 0.05) is 22.3 Å². The molecule has 1 N–H and O–H groups in total. The molecule has 1 unspecified atom stereocenters. The number of halogens is 1. The van der Waals surface area contributed by atoms with Gasteiger partial charge in [0.25, 0.3) is 0 Å². The van der Waals surface area contributed by atoms with E-state index in [0.717, 1.165) is 36.5 Å². The van der Waals surface area contributed by atoms with Crippen molar-refractivity contribution in [2.45, 2.75) is 38.1 Å². The van der Waals surface area contributed by atoms with Crippen LogP contribution >= 0.6 is 11.6 Å². The Morgan fingerprint density at radius 3 is 2.71 bits per heavy atom. The molecule has 4 heteroatoms. The maximum atomic E-state index is 6.37. The van der Waals surface area contributed by atoms with E-state index in [0.29, 0.717) is 0 Å². The molecule has 3 rings (SSSR count). The number of benzene rings is 1. The summed E-state index contributed by atoms with van der Waals surface area (Å²) in [7, 11) is 0. The highest BCUT2D eigenvalue weighted by atomic mass is 35.5. The second kappa shape index (κ2) is 5.82. The van der Waals surface area contributed by atoms with Crippen LogP contribution in [0.3, 0.4) is 0 Å². The zero-order valence-electron chi connectivity index (χ0n) is 12.6. The van der Waals surface area contributed by atoms with Crippen LogP contribution in [-0.2, 0) is 5.41 Å². The van der Waals surface area contributed by atoms with Gasteiger partial charge in [-0.3, -0.25) is 0 Å². The van der Waals surface area contributed by atoms with E-state index in [1.54, 1.807) is 0 Å². The molecule has 1 atom stereocenters. The van der Waals surface area contributed by atoms with Crippen LogP contribution < -0.4 is 5.32 Å². The average molecular weight is 304 g/mol. The summed E-state index contributed by atoms with van der Waals surface area (Å²) in [5.74, 6) is 0. The summed E-state index contributed by atoms with van der Waals surface area (Å²) in [5.41, 5.74) is 2.66.